The highest BCUT2D eigenvalue weighted by molar-refractivity contribution is 6.32. The molecule has 4 nitrogen and oxygen atoms in total. The fourth-order valence-electron chi connectivity index (χ4n) is 4.84. The van der Waals surface area contributed by atoms with Gasteiger partial charge in [0, 0.05) is 12.2 Å². The SMILES string of the molecule is C=C(CNC(=O)/C=C/CCC(C)/C=C/C1=CCCC=C1)NCC(C)C(=C)CC(C(=C)C)[C@@H](C)CC.COc1ccc(C)cc1Cl. The third kappa shape index (κ3) is 17.1. The Morgan fingerprint density at radius 1 is 1.13 bits per heavy atom. The fourth-order valence-corrected chi connectivity index (χ4v) is 5.15. The van der Waals surface area contributed by atoms with Crippen molar-refractivity contribution in [3.05, 3.63) is 113 Å². The minimum absolute atomic E-state index is 0.0797. The number of amides is 1. The van der Waals surface area contributed by atoms with Crippen LogP contribution in [-0.2, 0) is 4.79 Å². The summed E-state index contributed by atoms with van der Waals surface area (Å²) in [6.07, 6.45) is 21.0. The van der Waals surface area contributed by atoms with E-state index in [9.17, 15) is 4.79 Å². The number of hydrogen-bond acceptors (Lipinski definition) is 3. The average molecular weight is 635 g/mol. The lowest BCUT2D eigenvalue weighted by molar-refractivity contribution is -0.116. The molecule has 1 amide bonds. The molecule has 0 bridgehead atoms. The van der Waals surface area contributed by atoms with Crippen molar-refractivity contribution < 1.29 is 9.53 Å². The third-order valence-electron chi connectivity index (χ3n) is 8.28. The summed E-state index contributed by atoms with van der Waals surface area (Å²) in [4.78, 5) is 12.1. The first-order chi connectivity index (χ1) is 21.4. The number of halogens is 1. The summed E-state index contributed by atoms with van der Waals surface area (Å²) in [5, 5.41) is 6.93. The van der Waals surface area contributed by atoms with Crippen LogP contribution in [0.15, 0.2) is 103 Å². The van der Waals surface area contributed by atoms with E-state index in [-0.39, 0.29) is 5.91 Å². The van der Waals surface area contributed by atoms with Gasteiger partial charge in [0.25, 0.3) is 0 Å². The maximum absolute atomic E-state index is 12.1. The summed E-state index contributed by atoms with van der Waals surface area (Å²) in [7, 11) is 1.61. The molecule has 0 saturated heterocycles. The standard InChI is InChI=1S/C32H50N2O.C8H9ClO/c1-9-26(5)31(24(2)3)21-27(6)28(7)22-33-29(8)23-34-32(35)18-14-13-15-25(4)19-20-30-16-11-10-12-17-30;1-6-3-4-8(10-2)7(9)5-6/h11,14,16-20,25-26,28,31,33H,2,6,8-10,12-13,15,21-23H2,1,3-5,7H3,(H,34,35);3-5H,1-2H3/b18-14+,20-19+;/t25?,26-,28?,31?;/m0./s1. The zero-order chi connectivity index (χ0) is 33.8. The van der Waals surface area contributed by atoms with Gasteiger partial charge in [0.15, 0.2) is 0 Å². The molecule has 0 spiro atoms. The molecule has 2 N–H and O–H groups in total. The Morgan fingerprint density at radius 3 is 2.47 bits per heavy atom. The number of benzene rings is 1. The molecule has 0 heterocycles. The van der Waals surface area contributed by atoms with E-state index in [1.54, 1.807) is 13.2 Å². The Labute approximate surface area is 280 Å². The maximum Gasteiger partial charge on any atom is 0.243 e. The van der Waals surface area contributed by atoms with Gasteiger partial charge in [-0.2, -0.15) is 0 Å². The number of carbonyl (C=O) groups is 1. The topological polar surface area (TPSA) is 50.4 Å². The third-order valence-corrected chi connectivity index (χ3v) is 8.58. The first kappa shape index (κ1) is 39.8. The van der Waals surface area contributed by atoms with Crippen LogP contribution in [0.25, 0.3) is 0 Å². The summed E-state index contributed by atoms with van der Waals surface area (Å²) in [5.74, 6) is 2.55. The number of allylic oxidation sites excluding steroid dienone is 8. The normalized spacial score (nSPS) is 15.3. The van der Waals surface area contributed by atoms with Gasteiger partial charge in [0.05, 0.1) is 18.7 Å². The second-order valence-electron chi connectivity index (χ2n) is 12.4. The zero-order valence-corrected chi connectivity index (χ0v) is 29.8. The Balaban J connectivity index is 0.000000852. The van der Waals surface area contributed by atoms with E-state index in [0.717, 1.165) is 62.1 Å². The van der Waals surface area contributed by atoms with Crippen LogP contribution in [0.1, 0.15) is 78.7 Å². The molecule has 248 valence electrons. The van der Waals surface area contributed by atoms with E-state index in [0.29, 0.717) is 35.2 Å². The average Bonchev–Trinajstić information content (AvgIpc) is 3.02. The number of ether oxygens (including phenoxy) is 1. The van der Waals surface area contributed by atoms with E-state index >= 15 is 0 Å². The van der Waals surface area contributed by atoms with Crippen LogP contribution in [0, 0.1) is 30.6 Å². The largest absolute Gasteiger partial charge is 0.495 e. The van der Waals surface area contributed by atoms with E-state index in [4.69, 9.17) is 16.3 Å². The smallest absolute Gasteiger partial charge is 0.243 e. The molecule has 45 heavy (non-hydrogen) atoms. The fraction of sp³-hybridized carbons (Fsp3) is 0.475. The number of aryl methyl sites for hydroxylation is 1. The summed E-state index contributed by atoms with van der Waals surface area (Å²) in [6, 6.07) is 5.70. The monoisotopic (exact) mass is 634 g/mol. The van der Waals surface area contributed by atoms with Crippen LogP contribution in [0.4, 0.5) is 0 Å². The molecule has 0 saturated carbocycles. The van der Waals surface area contributed by atoms with Gasteiger partial charge >= 0.3 is 0 Å². The predicted molar refractivity (Wildman–Crippen MR) is 197 cm³/mol. The predicted octanol–water partition coefficient (Wildman–Crippen LogP) is 10.5. The minimum atomic E-state index is -0.0797. The van der Waals surface area contributed by atoms with Crippen molar-refractivity contribution in [2.75, 3.05) is 20.2 Å². The molecule has 4 atom stereocenters. The van der Waals surface area contributed by atoms with Crippen LogP contribution in [0.2, 0.25) is 5.02 Å². The Kier molecular flexibility index (Phi) is 19.7. The van der Waals surface area contributed by atoms with E-state index < -0.39 is 0 Å². The molecule has 1 aliphatic carbocycles. The maximum atomic E-state index is 12.1. The first-order valence-electron chi connectivity index (χ1n) is 16.4. The van der Waals surface area contributed by atoms with Crippen LogP contribution in [0.5, 0.6) is 5.75 Å². The molecule has 1 aromatic carbocycles. The molecule has 0 fully saturated rings. The second-order valence-corrected chi connectivity index (χ2v) is 12.8. The second kappa shape index (κ2) is 22.3. The van der Waals surface area contributed by atoms with Gasteiger partial charge in [-0.3, -0.25) is 4.79 Å². The highest BCUT2D eigenvalue weighted by atomic mass is 35.5. The highest BCUT2D eigenvalue weighted by Gasteiger charge is 2.20. The van der Waals surface area contributed by atoms with Crippen LogP contribution in [0.3, 0.4) is 0 Å². The molecule has 0 aliphatic heterocycles. The Bertz CT molecular complexity index is 1220. The molecule has 1 aliphatic rings. The molecular formula is C40H59ClN2O2. The molecule has 3 unspecified atom stereocenters. The van der Waals surface area contributed by atoms with Gasteiger partial charge in [0.1, 0.15) is 5.75 Å². The summed E-state index contributed by atoms with van der Waals surface area (Å²) in [6.45, 7) is 26.8. The van der Waals surface area contributed by atoms with Gasteiger partial charge in [-0.05, 0) is 99.0 Å². The van der Waals surface area contributed by atoms with Crippen molar-refractivity contribution in [2.24, 2.45) is 23.7 Å². The van der Waals surface area contributed by atoms with Gasteiger partial charge < -0.3 is 15.4 Å². The lowest BCUT2D eigenvalue weighted by Crippen LogP contribution is -2.31. The van der Waals surface area contributed by atoms with Crippen molar-refractivity contribution >= 4 is 17.5 Å². The number of rotatable bonds is 18. The summed E-state index contributed by atoms with van der Waals surface area (Å²) in [5.41, 5.74) is 5.73. The minimum Gasteiger partial charge on any atom is -0.495 e. The lowest BCUT2D eigenvalue weighted by Gasteiger charge is -2.27. The van der Waals surface area contributed by atoms with Gasteiger partial charge in [-0.1, -0.05) is 119 Å². The number of nitrogens with one attached hydrogen (secondary N) is 2. The quantitative estimate of drug-likeness (QED) is 0.125. The van der Waals surface area contributed by atoms with Crippen molar-refractivity contribution in [3.63, 3.8) is 0 Å². The molecule has 5 heteroatoms. The molecular weight excluding hydrogens is 576 g/mol. The molecule has 0 aromatic heterocycles. The molecule has 0 radical (unpaired) electrons. The first-order valence-corrected chi connectivity index (χ1v) is 16.8. The van der Waals surface area contributed by atoms with Crippen LogP contribution < -0.4 is 15.4 Å². The van der Waals surface area contributed by atoms with E-state index in [1.165, 1.54) is 16.7 Å². The Hall–Kier alpha value is -3.24. The molecule has 2 rings (SSSR count). The van der Waals surface area contributed by atoms with Crippen molar-refractivity contribution in [3.8, 4) is 5.75 Å². The van der Waals surface area contributed by atoms with Crippen molar-refractivity contribution in [1.82, 2.24) is 10.6 Å². The molecule has 1 aromatic rings. The number of hydrogen-bond donors (Lipinski definition) is 2. The van der Waals surface area contributed by atoms with E-state index in [2.05, 4.69) is 95.4 Å². The number of methoxy groups -OCH3 is 1. The summed E-state index contributed by atoms with van der Waals surface area (Å²) < 4.78 is 4.97. The lowest BCUT2D eigenvalue weighted by atomic mass is 9.80. The van der Waals surface area contributed by atoms with Crippen molar-refractivity contribution in [2.45, 2.75) is 80.1 Å². The van der Waals surface area contributed by atoms with Gasteiger partial charge in [-0.25, -0.2) is 0 Å². The number of carbonyl (C=O) groups excluding carboxylic acids is 1. The van der Waals surface area contributed by atoms with Crippen molar-refractivity contribution in [1.29, 1.82) is 0 Å². The summed E-state index contributed by atoms with van der Waals surface area (Å²) >= 11 is 5.80. The van der Waals surface area contributed by atoms with Gasteiger partial charge in [0.2, 0.25) is 5.91 Å². The zero-order valence-electron chi connectivity index (χ0n) is 29.1. The van der Waals surface area contributed by atoms with Gasteiger partial charge in [-0.15, -0.1) is 0 Å². The highest BCUT2D eigenvalue weighted by Crippen LogP contribution is 2.30. The Morgan fingerprint density at radius 2 is 1.87 bits per heavy atom. The van der Waals surface area contributed by atoms with E-state index in [1.807, 2.05) is 31.2 Å². The van der Waals surface area contributed by atoms with Crippen LogP contribution in [-0.4, -0.2) is 26.1 Å². The van der Waals surface area contributed by atoms with Crippen LogP contribution >= 0.6 is 11.6 Å².